The van der Waals surface area contributed by atoms with Gasteiger partial charge in [0.1, 0.15) is 5.75 Å². The van der Waals surface area contributed by atoms with E-state index in [1.807, 2.05) is 11.8 Å². The SMILES string of the molecule is CCCCCCC(C)(C)NCCCOc1ccc(SC(C)C)cc1. The normalized spacial score (nSPS) is 11.9. The van der Waals surface area contributed by atoms with Crippen molar-refractivity contribution < 1.29 is 4.74 Å². The van der Waals surface area contributed by atoms with Crippen LogP contribution >= 0.6 is 11.8 Å². The minimum Gasteiger partial charge on any atom is -0.494 e. The second-order valence-electron chi connectivity index (χ2n) is 7.46. The fourth-order valence-corrected chi connectivity index (χ4v) is 3.50. The van der Waals surface area contributed by atoms with E-state index >= 15 is 0 Å². The Kier molecular flexibility index (Phi) is 10.5. The largest absolute Gasteiger partial charge is 0.494 e. The number of hydrogen-bond donors (Lipinski definition) is 1. The Morgan fingerprint density at radius 3 is 2.38 bits per heavy atom. The van der Waals surface area contributed by atoms with Gasteiger partial charge < -0.3 is 10.1 Å². The fraction of sp³-hybridized carbons (Fsp3) is 0.714. The predicted octanol–water partition coefficient (Wildman–Crippen LogP) is 6.29. The quantitative estimate of drug-likeness (QED) is 0.333. The molecule has 138 valence electrons. The predicted molar refractivity (Wildman–Crippen MR) is 108 cm³/mol. The molecule has 0 atom stereocenters. The third-order valence-electron chi connectivity index (χ3n) is 4.04. The van der Waals surface area contributed by atoms with Gasteiger partial charge in [-0.2, -0.15) is 0 Å². The molecule has 0 amide bonds. The highest BCUT2D eigenvalue weighted by Gasteiger charge is 2.15. The fourth-order valence-electron chi connectivity index (χ4n) is 2.66. The molecule has 0 aliphatic carbocycles. The van der Waals surface area contributed by atoms with Crippen LogP contribution < -0.4 is 10.1 Å². The van der Waals surface area contributed by atoms with Crippen molar-refractivity contribution in [2.75, 3.05) is 13.2 Å². The summed E-state index contributed by atoms with van der Waals surface area (Å²) in [6.07, 6.45) is 7.64. The summed E-state index contributed by atoms with van der Waals surface area (Å²) >= 11 is 1.89. The van der Waals surface area contributed by atoms with E-state index in [1.54, 1.807) is 0 Å². The lowest BCUT2D eigenvalue weighted by Gasteiger charge is -2.26. The Morgan fingerprint density at radius 2 is 1.75 bits per heavy atom. The first-order valence-corrected chi connectivity index (χ1v) is 10.5. The van der Waals surface area contributed by atoms with Crippen molar-refractivity contribution in [2.45, 2.75) is 88.8 Å². The molecule has 1 aromatic carbocycles. The third-order valence-corrected chi connectivity index (χ3v) is 5.06. The van der Waals surface area contributed by atoms with Crippen LogP contribution in [0.2, 0.25) is 0 Å². The first kappa shape index (κ1) is 21.4. The summed E-state index contributed by atoms with van der Waals surface area (Å²) in [6.45, 7) is 13.1. The number of rotatable bonds is 13. The van der Waals surface area contributed by atoms with Crippen LogP contribution in [0.4, 0.5) is 0 Å². The van der Waals surface area contributed by atoms with Gasteiger partial charge in [-0.3, -0.25) is 0 Å². The van der Waals surface area contributed by atoms with E-state index in [4.69, 9.17) is 4.74 Å². The third kappa shape index (κ3) is 10.2. The Balaban J connectivity index is 2.14. The average Bonchev–Trinajstić information content (AvgIpc) is 2.52. The smallest absolute Gasteiger partial charge is 0.119 e. The summed E-state index contributed by atoms with van der Waals surface area (Å²) in [5, 5.41) is 4.29. The van der Waals surface area contributed by atoms with Gasteiger partial charge in [-0.15, -0.1) is 11.8 Å². The molecule has 2 nitrogen and oxygen atoms in total. The molecule has 1 aromatic rings. The molecule has 0 bridgehead atoms. The van der Waals surface area contributed by atoms with Crippen LogP contribution in [0.15, 0.2) is 29.2 Å². The number of hydrogen-bond acceptors (Lipinski definition) is 3. The van der Waals surface area contributed by atoms with Gasteiger partial charge in [-0.05, 0) is 57.5 Å². The van der Waals surface area contributed by atoms with Gasteiger partial charge in [-0.1, -0.05) is 46.5 Å². The lowest BCUT2D eigenvalue weighted by Crippen LogP contribution is -2.40. The molecule has 0 radical (unpaired) electrons. The Labute approximate surface area is 154 Å². The summed E-state index contributed by atoms with van der Waals surface area (Å²) in [4.78, 5) is 1.31. The standard InChI is InChI=1S/C21H37NOS/c1-6-7-8-9-15-21(4,5)22-16-10-17-23-19-11-13-20(14-12-19)24-18(2)3/h11-14,18,22H,6-10,15-17H2,1-5H3. The maximum atomic E-state index is 5.84. The van der Waals surface area contributed by atoms with Crippen molar-refractivity contribution in [1.29, 1.82) is 0 Å². The van der Waals surface area contributed by atoms with E-state index in [2.05, 4.69) is 64.2 Å². The van der Waals surface area contributed by atoms with Crippen molar-refractivity contribution in [3.8, 4) is 5.75 Å². The number of ether oxygens (including phenoxy) is 1. The van der Waals surface area contributed by atoms with Gasteiger partial charge in [0.05, 0.1) is 6.61 Å². The maximum Gasteiger partial charge on any atom is 0.119 e. The maximum absolute atomic E-state index is 5.84. The number of thioether (sulfide) groups is 1. The zero-order valence-electron chi connectivity index (χ0n) is 16.4. The van der Waals surface area contributed by atoms with Crippen LogP contribution in [0.25, 0.3) is 0 Å². The molecular formula is C21H37NOS. The molecule has 0 spiro atoms. The van der Waals surface area contributed by atoms with Crippen molar-refractivity contribution in [2.24, 2.45) is 0 Å². The molecule has 1 rings (SSSR count). The van der Waals surface area contributed by atoms with Crippen molar-refractivity contribution in [1.82, 2.24) is 5.32 Å². The Morgan fingerprint density at radius 1 is 1.04 bits per heavy atom. The summed E-state index contributed by atoms with van der Waals surface area (Å²) in [7, 11) is 0. The topological polar surface area (TPSA) is 21.3 Å². The molecule has 0 fully saturated rings. The van der Waals surface area contributed by atoms with Crippen LogP contribution in [-0.2, 0) is 0 Å². The molecule has 0 heterocycles. The molecule has 0 aliphatic heterocycles. The van der Waals surface area contributed by atoms with Gasteiger partial charge in [0.25, 0.3) is 0 Å². The molecule has 0 aliphatic rings. The average molecular weight is 352 g/mol. The van der Waals surface area contributed by atoms with Gasteiger partial charge >= 0.3 is 0 Å². The minimum absolute atomic E-state index is 0.240. The summed E-state index contributed by atoms with van der Waals surface area (Å²) < 4.78 is 5.84. The number of nitrogens with one attached hydrogen (secondary N) is 1. The first-order valence-electron chi connectivity index (χ1n) is 9.57. The lowest BCUT2D eigenvalue weighted by molar-refractivity contribution is 0.287. The van der Waals surface area contributed by atoms with E-state index in [1.165, 1.54) is 37.0 Å². The van der Waals surface area contributed by atoms with Crippen LogP contribution in [-0.4, -0.2) is 23.9 Å². The summed E-state index contributed by atoms with van der Waals surface area (Å²) in [5.41, 5.74) is 0.240. The number of benzene rings is 1. The van der Waals surface area contributed by atoms with E-state index in [0.717, 1.165) is 25.3 Å². The van der Waals surface area contributed by atoms with Crippen LogP contribution in [0.1, 0.15) is 73.1 Å². The van der Waals surface area contributed by atoms with Crippen molar-refractivity contribution in [3.63, 3.8) is 0 Å². The molecule has 3 heteroatoms. The van der Waals surface area contributed by atoms with Gasteiger partial charge in [0.2, 0.25) is 0 Å². The van der Waals surface area contributed by atoms with Gasteiger partial charge in [0, 0.05) is 15.7 Å². The first-order chi connectivity index (χ1) is 11.4. The van der Waals surface area contributed by atoms with Crippen molar-refractivity contribution >= 4 is 11.8 Å². The summed E-state index contributed by atoms with van der Waals surface area (Å²) in [5.74, 6) is 0.974. The summed E-state index contributed by atoms with van der Waals surface area (Å²) in [6, 6.07) is 8.46. The Bertz CT molecular complexity index is 428. The molecule has 0 saturated heterocycles. The monoisotopic (exact) mass is 351 g/mol. The highest BCUT2D eigenvalue weighted by atomic mass is 32.2. The molecule has 0 saturated carbocycles. The molecule has 0 unspecified atom stereocenters. The van der Waals surface area contributed by atoms with Crippen molar-refractivity contribution in [3.05, 3.63) is 24.3 Å². The lowest BCUT2D eigenvalue weighted by atomic mass is 9.96. The zero-order valence-corrected chi connectivity index (χ0v) is 17.2. The highest BCUT2D eigenvalue weighted by molar-refractivity contribution is 7.99. The van der Waals surface area contributed by atoms with Crippen LogP contribution in [0.5, 0.6) is 5.75 Å². The minimum atomic E-state index is 0.240. The second-order valence-corrected chi connectivity index (χ2v) is 9.11. The zero-order chi connectivity index (χ0) is 17.8. The van der Waals surface area contributed by atoms with Gasteiger partial charge in [0.15, 0.2) is 0 Å². The van der Waals surface area contributed by atoms with E-state index in [-0.39, 0.29) is 5.54 Å². The van der Waals surface area contributed by atoms with Gasteiger partial charge in [-0.25, -0.2) is 0 Å². The van der Waals surface area contributed by atoms with E-state index < -0.39 is 0 Å². The highest BCUT2D eigenvalue weighted by Crippen LogP contribution is 2.25. The number of unbranched alkanes of at least 4 members (excludes halogenated alkanes) is 3. The van der Waals surface area contributed by atoms with Crippen LogP contribution in [0, 0.1) is 0 Å². The van der Waals surface area contributed by atoms with E-state index in [0.29, 0.717) is 5.25 Å². The van der Waals surface area contributed by atoms with Crippen LogP contribution in [0.3, 0.4) is 0 Å². The second kappa shape index (κ2) is 11.8. The van der Waals surface area contributed by atoms with E-state index in [9.17, 15) is 0 Å². The molecule has 24 heavy (non-hydrogen) atoms. The molecule has 0 aromatic heterocycles. The molecule has 1 N–H and O–H groups in total. The molecular weight excluding hydrogens is 314 g/mol. The Hall–Kier alpha value is -0.670.